The quantitative estimate of drug-likeness (QED) is 0.924. The minimum absolute atomic E-state index is 0.0329. The highest BCUT2D eigenvalue weighted by Crippen LogP contribution is 2.34. The summed E-state index contributed by atoms with van der Waals surface area (Å²) in [6, 6.07) is 8.05. The van der Waals surface area contributed by atoms with Gasteiger partial charge in [0.05, 0.1) is 5.69 Å². The van der Waals surface area contributed by atoms with Crippen molar-refractivity contribution in [3.05, 3.63) is 29.1 Å². The number of benzene rings is 1. The van der Waals surface area contributed by atoms with Gasteiger partial charge in [-0.15, -0.1) is 11.3 Å². The molecule has 0 saturated carbocycles. The Balaban J connectivity index is 2.33. The Labute approximate surface area is 130 Å². The molecule has 0 aliphatic carbocycles. The highest BCUT2D eigenvalue weighted by Gasteiger charge is 2.24. The maximum Gasteiger partial charge on any atom is 0.266 e. The van der Waals surface area contributed by atoms with Gasteiger partial charge in [0.25, 0.3) is 5.91 Å². The van der Waals surface area contributed by atoms with E-state index < -0.39 is 0 Å². The van der Waals surface area contributed by atoms with Crippen LogP contribution in [-0.2, 0) is 0 Å². The van der Waals surface area contributed by atoms with Crippen LogP contribution < -0.4 is 5.73 Å². The predicted molar refractivity (Wildman–Crippen MR) is 91.0 cm³/mol. The fraction of sp³-hybridized carbons (Fsp3) is 0.438. The Kier molecular flexibility index (Phi) is 4.85. The second-order valence-corrected chi connectivity index (χ2v) is 6.60. The van der Waals surface area contributed by atoms with E-state index in [-0.39, 0.29) is 11.9 Å². The van der Waals surface area contributed by atoms with Crippen LogP contribution in [0.1, 0.15) is 23.5 Å². The topological polar surface area (TPSA) is 49.6 Å². The van der Waals surface area contributed by atoms with E-state index in [0.717, 1.165) is 16.6 Å². The number of hydrogen-bond donors (Lipinski definition) is 1. The number of nitrogen functional groups attached to an aromatic ring is 1. The second-order valence-electron chi connectivity index (χ2n) is 5.54. The van der Waals surface area contributed by atoms with E-state index in [1.165, 1.54) is 11.3 Å². The molecule has 0 aliphatic rings. The molecule has 1 atom stereocenters. The summed E-state index contributed by atoms with van der Waals surface area (Å²) in [7, 11) is 4.03. The van der Waals surface area contributed by atoms with Crippen molar-refractivity contribution in [2.75, 3.05) is 32.9 Å². The molecule has 21 heavy (non-hydrogen) atoms. The molecule has 1 aromatic carbocycles. The number of anilines is 1. The van der Waals surface area contributed by atoms with Crippen molar-refractivity contribution in [1.82, 2.24) is 9.80 Å². The average Bonchev–Trinajstić information content (AvgIpc) is 2.76. The van der Waals surface area contributed by atoms with E-state index in [1.807, 2.05) is 50.2 Å². The van der Waals surface area contributed by atoms with E-state index >= 15 is 0 Å². The zero-order chi connectivity index (χ0) is 15.6. The Morgan fingerprint density at radius 3 is 2.57 bits per heavy atom. The Morgan fingerprint density at radius 2 is 2.00 bits per heavy atom. The normalized spacial score (nSPS) is 12.8. The van der Waals surface area contributed by atoms with Crippen LogP contribution in [0.3, 0.4) is 0 Å². The maximum absolute atomic E-state index is 12.8. The summed E-state index contributed by atoms with van der Waals surface area (Å²) in [4.78, 5) is 17.5. The molecular weight excluding hydrogens is 282 g/mol. The third-order valence-corrected chi connectivity index (χ3v) is 4.77. The van der Waals surface area contributed by atoms with E-state index in [9.17, 15) is 4.79 Å². The van der Waals surface area contributed by atoms with Gasteiger partial charge in [-0.1, -0.05) is 18.2 Å². The van der Waals surface area contributed by atoms with Gasteiger partial charge in [0.2, 0.25) is 0 Å². The summed E-state index contributed by atoms with van der Waals surface area (Å²) < 4.78 is 1.06. The molecule has 1 unspecified atom stereocenters. The van der Waals surface area contributed by atoms with Crippen LogP contribution in [-0.4, -0.2) is 48.9 Å². The van der Waals surface area contributed by atoms with E-state index in [4.69, 9.17) is 5.73 Å². The van der Waals surface area contributed by atoms with Crippen molar-refractivity contribution in [3.8, 4) is 0 Å². The van der Waals surface area contributed by atoms with Crippen LogP contribution >= 0.6 is 11.3 Å². The van der Waals surface area contributed by atoms with E-state index in [1.54, 1.807) is 0 Å². The van der Waals surface area contributed by atoms with Gasteiger partial charge >= 0.3 is 0 Å². The molecule has 114 valence electrons. The van der Waals surface area contributed by atoms with Crippen LogP contribution in [0.2, 0.25) is 0 Å². The average molecular weight is 305 g/mol. The van der Waals surface area contributed by atoms with Crippen molar-refractivity contribution >= 4 is 33.0 Å². The lowest BCUT2D eigenvalue weighted by molar-refractivity contribution is 0.0685. The Morgan fingerprint density at radius 1 is 1.33 bits per heavy atom. The molecule has 0 spiro atoms. The smallest absolute Gasteiger partial charge is 0.266 e. The van der Waals surface area contributed by atoms with Crippen LogP contribution in [0.15, 0.2) is 24.3 Å². The van der Waals surface area contributed by atoms with Gasteiger partial charge in [-0.2, -0.15) is 0 Å². The van der Waals surface area contributed by atoms with Crippen molar-refractivity contribution in [1.29, 1.82) is 0 Å². The third-order valence-electron chi connectivity index (χ3n) is 3.59. The number of hydrogen-bond acceptors (Lipinski definition) is 4. The summed E-state index contributed by atoms with van der Waals surface area (Å²) >= 11 is 1.48. The number of amides is 1. The first-order valence-electron chi connectivity index (χ1n) is 7.18. The number of carbonyl (C=O) groups excluding carboxylic acids is 1. The molecule has 0 aliphatic heterocycles. The van der Waals surface area contributed by atoms with Crippen LogP contribution in [0.25, 0.3) is 10.1 Å². The molecule has 4 nitrogen and oxygen atoms in total. The molecular formula is C16H23N3OS. The number of carbonyl (C=O) groups is 1. The largest absolute Gasteiger partial charge is 0.397 e. The van der Waals surface area contributed by atoms with Gasteiger partial charge in [-0.3, -0.25) is 4.79 Å². The van der Waals surface area contributed by atoms with Gasteiger partial charge in [0, 0.05) is 29.2 Å². The summed E-state index contributed by atoms with van der Waals surface area (Å²) in [6.07, 6.45) is 0. The number of nitrogens with two attached hydrogens (primary N) is 1. The molecule has 2 rings (SSSR count). The van der Waals surface area contributed by atoms with Gasteiger partial charge in [-0.25, -0.2) is 0 Å². The predicted octanol–water partition coefficient (Wildman–Crippen LogP) is 2.90. The van der Waals surface area contributed by atoms with Crippen molar-refractivity contribution in [2.45, 2.75) is 19.9 Å². The highest BCUT2D eigenvalue weighted by atomic mass is 32.1. The molecule has 5 heteroatoms. The first-order chi connectivity index (χ1) is 9.95. The molecule has 0 bridgehead atoms. The van der Waals surface area contributed by atoms with Crippen LogP contribution in [0.5, 0.6) is 0 Å². The summed E-state index contributed by atoms with van der Waals surface area (Å²) in [5.74, 6) is 0.0329. The van der Waals surface area contributed by atoms with Gasteiger partial charge in [0.15, 0.2) is 0 Å². The fourth-order valence-corrected chi connectivity index (χ4v) is 3.72. The summed E-state index contributed by atoms with van der Waals surface area (Å²) in [5, 5.41) is 0.974. The van der Waals surface area contributed by atoms with Crippen molar-refractivity contribution < 1.29 is 4.79 Å². The van der Waals surface area contributed by atoms with Crippen molar-refractivity contribution in [2.24, 2.45) is 0 Å². The lowest BCUT2D eigenvalue weighted by atomic mass is 10.2. The molecule has 0 fully saturated rings. The summed E-state index contributed by atoms with van der Waals surface area (Å²) in [6.45, 7) is 5.60. The number of nitrogens with zero attached hydrogens (tertiary/aromatic N) is 2. The zero-order valence-corrected chi connectivity index (χ0v) is 13.9. The van der Waals surface area contributed by atoms with Gasteiger partial charge < -0.3 is 15.5 Å². The Bertz CT molecular complexity index is 635. The van der Waals surface area contributed by atoms with E-state index in [2.05, 4.69) is 11.8 Å². The number of rotatable bonds is 5. The fourth-order valence-electron chi connectivity index (χ4n) is 2.64. The van der Waals surface area contributed by atoms with Crippen LogP contribution in [0, 0.1) is 0 Å². The molecule has 0 saturated heterocycles. The number of thiophene rings is 1. The summed E-state index contributed by atoms with van der Waals surface area (Å²) in [5.41, 5.74) is 6.79. The van der Waals surface area contributed by atoms with E-state index in [0.29, 0.717) is 17.1 Å². The number of fused-ring (bicyclic) bond motifs is 1. The first-order valence-corrected chi connectivity index (χ1v) is 8.00. The molecule has 1 aromatic heterocycles. The molecule has 2 N–H and O–H groups in total. The molecule has 0 radical (unpaired) electrons. The number of likely N-dealkylation sites (N-methyl/N-ethyl adjacent to an activating group) is 2. The first kappa shape index (κ1) is 15.8. The monoisotopic (exact) mass is 305 g/mol. The standard InChI is InChI=1S/C16H23N3OS/c1-5-19(11(2)10-18(3)4)16(20)15-14(17)12-8-6-7-9-13(12)21-15/h6-9,11H,5,10,17H2,1-4H3. The van der Waals surface area contributed by atoms with Crippen LogP contribution in [0.4, 0.5) is 5.69 Å². The lowest BCUT2D eigenvalue weighted by Crippen LogP contribution is -2.43. The molecule has 1 heterocycles. The lowest BCUT2D eigenvalue weighted by Gasteiger charge is -2.29. The maximum atomic E-state index is 12.8. The third kappa shape index (κ3) is 3.19. The SMILES string of the molecule is CCN(C(=O)c1sc2ccccc2c1N)C(C)CN(C)C. The second kappa shape index (κ2) is 6.45. The minimum atomic E-state index is 0.0329. The highest BCUT2D eigenvalue weighted by molar-refractivity contribution is 7.21. The molecule has 1 amide bonds. The Hall–Kier alpha value is -1.59. The van der Waals surface area contributed by atoms with Gasteiger partial charge in [0.1, 0.15) is 4.88 Å². The molecule has 2 aromatic rings. The van der Waals surface area contributed by atoms with Crippen molar-refractivity contribution in [3.63, 3.8) is 0 Å². The van der Waals surface area contributed by atoms with Gasteiger partial charge in [-0.05, 0) is 34.0 Å². The minimum Gasteiger partial charge on any atom is -0.397 e. The zero-order valence-electron chi connectivity index (χ0n) is 13.1.